The first-order valence-electron chi connectivity index (χ1n) is 6.17. The Kier molecular flexibility index (Phi) is 3.84. The summed E-state index contributed by atoms with van der Waals surface area (Å²) in [6.45, 7) is 3.89. The fourth-order valence-corrected chi connectivity index (χ4v) is 2.29. The van der Waals surface area contributed by atoms with Crippen LogP contribution in [0.25, 0.3) is 0 Å². The number of aryl methyl sites for hydroxylation is 1. The summed E-state index contributed by atoms with van der Waals surface area (Å²) >= 11 is 0. The van der Waals surface area contributed by atoms with Gasteiger partial charge < -0.3 is 15.6 Å². The Hall–Kier alpha value is -1.59. The van der Waals surface area contributed by atoms with E-state index in [-0.39, 0.29) is 11.9 Å². The first-order valence-corrected chi connectivity index (χ1v) is 6.17. The molecule has 0 bridgehead atoms. The molecule has 1 atom stereocenters. The van der Waals surface area contributed by atoms with Crippen LogP contribution in [-0.2, 0) is 0 Å². The monoisotopic (exact) mass is 248 g/mol. The molecule has 1 heterocycles. The molecule has 1 aliphatic rings. The quantitative estimate of drug-likeness (QED) is 0.544. The number of likely N-dealkylation sites (tertiary alicyclic amines) is 1. The number of carbonyl (C=O) groups excluding carboxylic acids is 1. The number of nitrogens with zero attached hydrogens (tertiary/aromatic N) is 1. The highest BCUT2D eigenvalue weighted by Crippen LogP contribution is 2.15. The minimum Gasteiger partial charge on any atom is -0.348 e. The number of nitrogen functional groups attached to an aromatic ring is 1. The summed E-state index contributed by atoms with van der Waals surface area (Å²) in [4.78, 5) is 14.3. The zero-order valence-electron chi connectivity index (χ0n) is 10.9. The molecule has 1 unspecified atom stereocenters. The molecular formula is C13H20N4O. The predicted molar refractivity (Wildman–Crippen MR) is 72.4 cm³/mol. The standard InChI is InChI=1S/C13H20N4O/c1-9-7-10(3-4-12(9)16-14)13(18)15-11-5-6-17(2)8-11/h3-4,7,11,16H,5-6,8,14H2,1-2H3,(H,15,18). The predicted octanol–water partition coefficient (Wildman–Crippen LogP) is 0.715. The molecule has 0 radical (unpaired) electrons. The van der Waals surface area contributed by atoms with E-state index in [2.05, 4.69) is 22.7 Å². The van der Waals surface area contributed by atoms with E-state index in [9.17, 15) is 4.79 Å². The summed E-state index contributed by atoms with van der Waals surface area (Å²) in [5.41, 5.74) is 5.09. The molecule has 1 aromatic carbocycles. The third-order valence-corrected chi connectivity index (χ3v) is 3.37. The SMILES string of the molecule is Cc1cc(C(=O)NC2CCN(C)C2)ccc1NN. The van der Waals surface area contributed by atoms with E-state index in [1.807, 2.05) is 19.1 Å². The maximum absolute atomic E-state index is 12.1. The number of hydrogen-bond donors (Lipinski definition) is 3. The maximum atomic E-state index is 12.1. The summed E-state index contributed by atoms with van der Waals surface area (Å²) in [7, 11) is 2.07. The summed E-state index contributed by atoms with van der Waals surface area (Å²) in [6, 6.07) is 5.72. The van der Waals surface area contributed by atoms with E-state index in [0.717, 1.165) is 30.8 Å². The lowest BCUT2D eigenvalue weighted by atomic mass is 10.1. The third kappa shape index (κ3) is 2.80. The molecule has 4 N–H and O–H groups in total. The highest BCUT2D eigenvalue weighted by molar-refractivity contribution is 5.95. The van der Waals surface area contributed by atoms with Gasteiger partial charge in [0.25, 0.3) is 5.91 Å². The molecule has 0 saturated carbocycles. The highest BCUT2D eigenvalue weighted by atomic mass is 16.1. The van der Waals surface area contributed by atoms with Gasteiger partial charge in [0.1, 0.15) is 0 Å². The number of carbonyl (C=O) groups is 1. The van der Waals surface area contributed by atoms with Crippen molar-refractivity contribution in [2.75, 3.05) is 25.6 Å². The topological polar surface area (TPSA) is 70.4 Å². The van der Waals surface area contributed by atoms with Gasteiger partial charge in [-0.05, 0) is 50.7 Å². The van der Waals surface area contributed by atoms with E-state index in [0.29, 0.717) is 5.56 Å². The Morgan fingerprint density at radius 3 is 2.83 bits per heavy atom. The first kappa shape index (κ1) is 12.9. The number of likely N-dealkylation sites (N-methyl/N-ethyl adjacent to an activating group) is 1. The van der Waals surface area contributed by atoms with Gasteiger partial charge in [0.05, 0.1) is 5.69 Å². The van der Waals surface area contributed by atoms with Crippen molar-refractivity contribution in [1.29, 1.82) is 0 Å². The Bertz CT molecular complexity index is 447. The van der Waals surface area contributed by atoms with Crippen LogP contribution in [-0.4, -0.2) is 37.0 Å². The number of nitrogens with two attached hydrogens (primary N) is 1. The lowest BCUT2D eigenvalue weighted by Crippen LogP contribution is -2.36. The van der Waals surface area contributed by atoms with Crippen LogP contribution in [0.5, 0.6) is 0 Å². The second kappa shape index (κ2) is 5.37. The normalized spacial score (nSPS) is 19.8. The lowest BCUT2D eigenvalue weighted by molar-refractivity contribution is 0.0938. The molecule has 18 heavy (non-hydrogen) atoms. The Morgan fingerprint density at radius 2 is 2.28 bits per heavy atom. The van der Waals surface area contributed by atoms with Gasteiger partial charge in [-0.1, -0.05) is 0 Å². The number of rotatable bonds is 3. The van der Waals surface area contributed by atoms with Crippen molar-refractivity contribution in [3.05, 3.63) is 29.3 Å². The number of nitrogens with one attached hydrogen (secondary N) is 2. The smallest absolute Gasteiger partial charge is 0.251 e. The fraction of sp³-hybridized carbons (Fsp3) is 0.462. The number of benzene rings is 1. The number of hydrazine groups is 1. The molecule has 0 aliphatic carbocycles. The van der Waals surface area contributed by atoms with Crippen LogP contribution in [0.4, 0.5) is 5.69 Å². The van der Waals surface area contributed by atoms with Crippen molar-refractivity contribution in [2.45, 2.75) is 19.4 Å². The molecule has 0 spiro atoms. The van der Waals surface area contributed by atoms with E-state index in [1.165, 1.54) is 0 Å². The second-order valence-corrected chi connectivity index (χ2v) is 4.90. The molecule has 0 aromatic heterocycles. The van der Waals surface area contributed by atoms with Crippen LogP contribution in [0.15, 0.2) is 18.2 Å². The van der Waals surface area contributed by atoms with E-state index < -0.39 is 0 Å². The van der Waals surface area contributed by atoms with Crippen LogP contribution in [0.2, 0.25) is 0 Å². The van der Waals surface area contributed by atoms with Gasteiger partial charge in [0.2, 0.25) is 0 Å². The van der Waals surface area contributed by atoms with Crippen LogP contribution in [0, 0.1) is 6.92 Å². The van der Waals surface area contributed by atoms with Crippen molar-refractivity contribution < 1.29 is 4.79 Å². The molecule has 1 aliphatic heterocycles. The van der Waals surface area contributed by atoms with E-state index in [4.69, 9.17) is 5.84 Å². The van der Waals surface area contributed by atoms with Crippen molar-refractivity contribution >= 4 is 11.6 Å². The van der Waals surface area contributed by atoms with E-state index in [1.54, 1.807) is 6.07 Å². The van der Waals surface area contributed by atoms with Crippen LogP contribution >= 0.6 is 0 Å². The Labute approximate surface area is 107 Å². The molecule has 2 rings (SSSR count). The molecule has 5 heteroatoms. The summed E-state index contributed by atoms with van der Waals surface area (Å²) in [5.74, 6) is 5.36. The molecule has 5 nitrogen and oxygen atoms in total. The average molecular weight is 248 g/mol. The average Bonchev–Trinajstić information content (AvgIpc) is 2.74. The summed E-state index contributed by atoms with van der Waals surface area (Å²) in [5, 5.41) is 3.06. The molecule has 1 saturated heterocycles. The fourth-order valence-electron chi connectivity index (χ4n) is 2.29. The van der Waals surface area contributed by atoms with Gasteiger partial charge in [0, 0.05) is 18.2 Å². The van der Waals surface area contributed by atoms with Crippen LogP contribution in [0.3, 0.4) is 0 Å². The maximum Gasteiger partial charge on any atom is 0.251 e. The van der Waals surface area contributed by atoms with Crippen molar-refractivity contribution in [3.63, 3.8) is 0 Å². The minimum atomic E-state index is -0.0121. The largest absolute Gasteiger partial charge is 0.348 e. The van der Waals surface area contributed by atoms with Gasteiger partial charge >= 0.3 is 0 Å². The van der Waals surface area contributed by atoms with Crippen molar-refractivity contribution in [1.82, 2.24) is 10.2 Å². The second-order valence-electron chi connectivity index (χ2n) is 4.90. The van der Waals surface area contributed by atoms with Gasteiger partial charge in [-0.15, -0.1) is 0 Å². The molecule has 1 amide bonds. The number of amides is 1. The Balaban J connectivity index is 2.02. The van der Waals surface area contributed by atoms with Crippen LogP contribution in [0.1, 0.15) is 22.3 Å². The lowest BCUT2D eigenvalue weighted by Gasteiger charge is -2.13. The molecule has 1 aromatic rings. The zero-order valence-corrected chi connectivity index (χ0v) is 10.9. The van der Waals surface area contributed by atoms with Crippen molar-refractivity contribution in [2.24, 2.45) is 5.84 Å². The zero-order chi connectivity index (χ0) is 13.1. The van der Waals surface area contributed by atoms with Gasteiger partial charge in [0.15, 0.2) is 0 Å². The molecular weight excluding hydrogens is 228 g/mol. The number of anilines is 1. The van der Waals surface area contributed by atoms with Gasteiger partial charge in [-0.3, -0.25) is 10.6 Å². The third-order valence-electron chi connectivity index (χ3n) is 3.37. The summed E-state index contributed by atoms with van der Waals surface area (Å²) < 4.78 is 0. The number of hydrogen-bond acceptors (Lipinski definition) is 4. The molecule has 98 valence electrons. The summed E-state index contributed by atoms with van der Waals surface area (Å²) in [6.07, 6.45) is 1.02. The minimum absolute atomic E-state index is 0.0121. The highest BCUT2D eigenvalue weighted by Gasteiger charge is 2.21. The van der Waals surface area contributed by atoms with Gasteiger partial charge in [-0.25, -0.2) is 0 Å². The molecule has 1 fully saturated rings. The van der Waals surface area contributed by atoms with Crippen molar-refractivity contribution in [3.8, 4) is 0 Å². The first-order chi connectivity index (χ1) is 8.60. The van der Waals surface area contributed by atoms with E-state index >= 15 is 0 Å². The van der Waals surface area contributed by atoms with Crippen LogP contribution < -0.4 is 16.6 Å². The Morgan fingerprint density at radius 1 is 1.50 bits per heavy atom. The van der Waals surface area contributed by atoms with Gasteiger partial charge in [-0.2, -0.15) is 0 Å².